The zero-order chi connectivity index (χ0) is 20.0. The first-order valence-electron chi connectivity index (χ1n) is 8.34. The average Bonchev–Trinajstić information content (AvgIpc) is 2.62. The van der Waals surface area contributed by atoms with Gasteiger partial charge in [-0.25, -0.2) is 13.1 Å². The quantitative estimate of drug-likeness (QED) is 0.656. The van der Waals surface area contributed by atoms with E-state index in [-0.39, 0.29) is 35.6 Å². The van der Waals surface area contributed by atoms with Gasteiger partial charge in [0.05, 0.1) is 10.9 Å². The normalized spacial score (nSPS) is 12.4. The molecule has 0 fully saturated rings. The molecule has 0 radical (unpaired) electrons. The van der Waals surface area contributed by atoms with Gasteiger partial charge in [-0.2, -0.15) is 0 Å². The van der Waals surface area contributed by atoms with Crippen molar-refractivity contribution >= 4 is 33.3 Å². The second-order valence-electron chi connectivity index (χ2n) is 6.07. The second kappa shape index (κ2) is 9.12. The molecule has 8 heteroatoms. The lowest BCUT2D eigenvalue weighted by molar-refractivity contribution is -0.121. The Morgan fingerprint density at radius 3 is 2.19 bits per heavy atom. The van der Waals surface area contributed by atoms with E-state index in [2.05, 4.69) is 10.0 Å². The maximum absolute atomic E-state index is 12.2. The van der Waals surface area contributed by atoms with E-state index in [1.165, 1.54) is 31.2 Å². The van der Waals surface area contributed by atoms with E-state index in [4.69, 9.17) is 11.6 Å². The number of ketones is 1. The van der Waals surface area contributed by atoms with Crippen LogP contribution in [0.5, 0.6) is 0 Å². The standard InChI is InChI=1S/C19H21ClN2O4S/c1-13(15-3-7-17(20)8-4-15)22-19(24)11-12-21-27(25,26)18-9-5-16(6-10-18)14(2)23/h3-10,13,21H,11-12H2,1-2H3,(H,22,24). The van der Waals surface area contributed by atoms with Crippen molar-refractivity contribution < 1.29 is 18.0 Å². The van der Waals surface area contributed by atoms with Crippen LogP contribution in [0, 0.1) is 0 Å². The fourth-order valence-corrected chi connectivity index (χ4v) is 3.56. The van der Waals surface area contributed by atoms with Crippen molar-refractivity contribution in [1.82, 2.24) is 10.0 Å². The van der Waals surface area contributed by atoms with E-state index >= 15 is 0 Å². The summed E-state index contributed by atoms with van der Waals surface area (Å²) in [5.41, 5.74) is 1.34. The number of rotatable bonds is 8. The topological polar surface area (TPSA) is 92.3 Å². The zero-order valence-corrected chi connectivity index (χ0v) is 16.6. The molecule has 0 spiro atoms. The number of carbonyl (C=O) groups is 2. The molecule has 0 aliphatic heterocycles. The maximum Gasteiger partial charge on any atom is 0.240 e. The molecule has 0 saturated heterocycles. The predicted octanol–water partition coefficient (Wildman–Crippen LogP) is 3.09. The van der Waals surface area contributed by atoms with Crippen molar-refractivity contribution in [2.45, 2.75) is 31.2 Å². The summed E-state index contributed by atoms with van der Waals surface area (Å²) < 4.78 is 26.8. The number of sulfonamides is 1. The molecule has 0 bridgehead atoms. The van der Waals surface area contributed by atoms with Crippen LogP contribution in [0.25, 0.3) is 0 Å². The smallest absolute Gasteiger partial charge is 0.240 e. The van der Waals surface area contributed by atoms with Gasteiger partial charge in [-0.15, -0.1) is 0 Å². The third kappa shape index (κ3) is 6.16. The van der Waals surface area contributed by atoms with Gasteiger partial charge in [-0.05, 0) is 43.7 Å². The van der Waals surface area contributed by atoms with Crippen molar-refractivity contribution in [2.24, 2.45) is 0 Å². The van der Waals surface area contributed by atoms with E-state index in [0.29, 0.717) is 10.6 Å². The Hall–Kier alpha value is -2.22. The largest absolute Gasteiger partial charge is 0.350 e. The summed E-state index contributed by atoms with van der Waals surface area (Å²) in [4.78, 5) is 23.3. The summed E-state index contributed by atoms with van der Waals surface area (Å²) in [5, 5.41) is 3.42. The average molecular weight is 409 g/mol. The number of carbonyl (C=O) groups excluding carboxylic acids is 2. The molecule has 144 valence electrons. The second-order valence-corrected chi connectivity index (χ2v) is 8.27. The first-order valence-corrected chi connectivity index (χ1v) is 10.2. The van der Waals surface area contributed by atoms with Crippen LogP contribution in [0.3, 0.4) is 0 Å². The summed E-state index contributed by atoms with van der Waals surface area (Å²) in [5.74, 6) is -0.412. The molecule has 0 aliphatic rings. The van der Waals surface area contributed by atoms with Gasteiger partial charge in [0.1, 0.15) is 0 Å². The van der Waals surface area contributed by atoms with Crippen LogP contribution in [-0.2, 0) is 14.8 Å². The van der Waals surface area contributed by atoms with Crippen molar-refractivity contribution in [3.05, 3.63) is 64.7 Å². The molecule has 27 heavy (non-hydrogen) atoms. The number of amides is 1. The number of halogens is 1. The van der Waals surface area contributed by atoms with Crippen LogP contribution in [0.2, 0.25) is 5.02 Å². The highest BCUT2D eigenvalue weighted by atomic mass is 35.5. The Balaban J connectivity index is 1.86. The molecule has 1 atom stereocenters. The Morgan fingerprint density at radius 1 is 1.04 bits per heavy atom. The molecule has 2 rings (SSSR count). The van der Waals surface area contributed by atoms with Gasteiger partial charge in [0.25, 0.3) is 0 Å². The summed E-state index contributed by atoms with van der Waals surface area (Å²) in [6.45, 7) is 3.21. The third-order valence-corrected chi connectivity index (χ3v) is 5.69. The van der Waals surface area contributed by atoms with Crippen LogP contribution in [-0.4, -0.2) is 26.7 Å². The Labute approximate surface area is 164 Å². The van der Waals surface area contributed by atoms with Crippen LogP contribution >= 0.6 is 11.6 Å². The van der Waals surface area contributed by atoms with Gasteiger partial charge in [-0.3, -0.25) is 9.59 Å². The summed E-state index contributed by atoms with van der Waals surface area (Å²) in [6.07, 6.45) is 0.00267. The van der Waals surface area contributed by atoms with Gasteiger partial charge < -0.3 is 5.32 Å². The molecule has 0 aromatic heterocycles. The first-order chi connectivity index (χ1) is 12.7. The number of benzene rings is 2. The van der Waals surface area contributed by atoms with E-state index < -0.39 is 10.0 Å². The van der Waals surface area contributed by atoms with Crippen LogP contribution < -0.4 is 10.0 Å². The number of Topliss-reactive ketones (excluding diaryl/α,β-unsaturated/α-hetero) is 1. The minimum absolute atomic E-state index is 0.00267. The van der Waals surface area contributed by atoms with E-state index in [1.807, 2.05) is 19.1 Å². The Kier molecular flexibility index (Phi) is 7.12. The highest BCUT2D eigenvalue weighted by Crippen LogP contribution is 2.16. The lowest BCUT2D eigenvalue weighted by Crippen LogP contribution is -2.32. The minimum Gasteiger partial charge on any atom is -0.350 e. The van der Waals surface area contributed by atoms with Crippen LogP contribution in [0.4, 0.5) is 0 Å². The lowest BCUT2D eigenvalue weighted by atomic mass is 10.1. The Morgan fingerprint density at radius 2 is 1.63 bits per heavy atom. The van der Waals surface area contributed by atoms with E-state index in [9.17, 15) is 18.0 Å². The molecule has 6 nitrogen and oxygen atoms in total. The summed E-state index contributed by atoms with van der Waals surface area (Å²) >= 11 is 5.84. The molecule has 0 heterocycles. The van der Waals surface area contributed by atoms with Gasteiger partial charge >= 0.3 is 0 Å². The Bertz CT molecular complexity index is 910. The van der Waals surface area contributed by atoms with Crippen LogP contribution in [0.15, 0.2) is 53.4 Å². The fraction of sp³-hybridized carbons (Fsp3) is 0.263. The molecular formula is C19H21ClN2O4S. The highest BCUT2D eigenvalue weighted by molar-refractivity contribution is 7.89. The molecule has 2 aromatic carbocycles. The van der Waals surface area contributed by atoms with Gasteiger partial charge in [0.15, 0.2) is 5.78 Å². The lowest BCUT2D eigenvalue weighted by Gasteiger charge is -2.14. The number of hydrogen-bond donors (Lipinski definition) is 2. The van der Waals surface area contributed by atoms with Crippen molar-refractivity contribution in [3.63, 3.8) is 0 Å². The number of nitrogens with one attached hydrogen (secondary N) is 2. The van der Waals surface area contributed by atoms with Crippen LogP contribution in [0.1, 0.15) is 42.2 Å². The molecule has 0 aliphatic carbocycles. The molecule has 0 saturated carbocycles. The first kappa shape index (κ1) is 21.1. The molecule has 1 unspecified atom stereocenters. The van der Waals surface area contributed by atoms with Crippen molar-refractivity contribution in [1.29, 1.82) is 0 Å². The van der Waals surface area contributed by atoms with E-state index in [0.717, 1.165) is 5.56 Å². The van der Waals surface area contributed by atoms with Gasteiger partial charge in [0.2, 0.25) is 15.9 Å². The maximum atomic E-state index is 12.2. The van der Waals surface area contributed by atoms with Gasteiger partial charge in [-0.1, -0.05) is 35.9 Å². The van der Waals surface area contributed by atoms with Crippen molar-refractivity contribution in [2.75, 3.05) is 6.54 Å². The van der Waals surface area contributed by atoms with E-state index in [1.54, 1.807) is 12.1 Å². The highest BCUT2D eigenvalue weighted by Gasteiger charge is 2.15. The van der Waals surface area contributed by atoms with Gasteiger partial charge in [0, 0.05) is 23.6 Å². The summed E-state index contributed by atoms with van der Waals surface area (Å²) in [7, 11) is -3.74. The SMILES string of the molecule is CC(=O)c1ccc(S(=O)(=O)NCCC(=O)NC(C)c2ccc(Cl)cc2)cc1. The molecule has 2 aromatic rings. The van der Waals surface area contributed by atoms with Crippen molar-refractivity contribution in [3.8, 4) is 0 Å². The molecule has 1 amide bonds. The third-order valence-electron chi connectivity index (χ3n) is 3.96. The minimum atomic E-state index is -3.74. The monoisotopic (exact) mass is 408 g/mol. The zero-order valence-electron chi connectivity index (χ0n) is 15.0. The summed E-state index contributed by atoms with van der Waals surface area (Å²) in [6, 6.07) is 12.5. The number of hydrogen-bond acceptors (Lipinski definition) is 4. The predicted molar refractivity (Wildman–Crippen MR) is 104 cm³/mol. The fourth-order valence-electron chi connectivity index (χ4n) is 2.40. The molecule has 2 N–H and O–H groups in total. The molecular weight excluding hydrogens is 388 g/mol.